The summed E-state index contributed by atoms with van der Waals surface area (Å²) in [5.74, 6) is -1.54. The van der Waals surface area contributed by atoms with Crippen LogP contribution in [-0.4, -0.2) is 43.5 Å². The van der Waals surface area contributed by atoms with Gasteiger partial charge in [-0.15, -0.1) is 0 Å². The molecule has 0 radical (unpaired) electrons. The van der Waals surface area contributed by atoms with Crippen molar-refractivity contribution >= 4 is 25.1 Å². The molecule has 0 aliphatic carbocycles. The molecule has 8 heteroatoms. The van der Waals surface area contributed by atoms with Crippen molar-refractivity contribution in [1.82, 2.24) is 0 Å². The SMILES string of the molecule is CCOC(=O)C(C)(C(=O)OCC)P(=Nc1ccccc1)(OCC)OCC. The number of carbonyl (C=O) groups is 2. The lowest BCUT2D eigenvalue weighted by Gasteiger charge is -2.36. The predicted octanol–water partition coefficient (Wildman–Crippen LogP) is 4.31. The second kappa shape index (κ2) is 10.5. The standard InChI is InChI=1S/C18H28NO6P/c1-6-22-16(20)18(5,17(21)23-7-2)26(24-8-3,25-9-4)19-15-13-11-10-12-14-15/h10-14H,6-9H2,1-5H3. The van der Waals surface area contributed by atoms with Gasteiger partial charge in [-0.3, -0.25) is 9.59 Å². The molecule has 0 aromatic heterocycles. The van der Waals surface area contributed by atoms with Crippen molar-refractivity contribution in [1.29, 1.82) is 0 Å². The highest BCUT2D eigenvalue weighted by molar-refractivity contribution is 7.60. The fourth-order valence-electron chi connectivity index (χ4n) is 2.31. The van der Waals surface area contributed by atoms with E-state index in [2.05, 4.69) is 4.74 Å². The third-order valence-electron chi connectivity index (χ3n) is 3.52. The van der Waals surface area contributed by atoms with Gasteiger partial charge in [0, 0.05) is 0 Å². The molecule has 146 valence electrons. The van der Waals surface area contributed by atoms with Crippen molar-refractivity contribution in [2.75, 3.05) is 26.4 Å². The van der Waals surface area contributed by atoms with Gasteiger partial charge in [-0.05, 0) is 46.8 Å². The molecule has 1 aromatic carbocycles. The van der Waals surface area contributed by atoms with Crippen LogP contribution in [0.4, 0.5) is 5.69 Å². The zero-order chi connectivity index (χ0) is 19.6. The lowest BCUT2D eigenvalue weighted by Crippen LogP contribution is -2.47. The van der Waals surface area contributed by atoms with E-state index in [0.29, 0.717) is 5.69 Å². The van der Waals surface area contributed by atoms with E-state index in [1.165, 1.54) is 6.92 Å². The van der Waals surface area contributed by atoms with E-state index in [9.17, 15) is 9.59 Å². The van der Waals surface area contributed by atoms with Crippen LogP contribution in [0.15, 0.2) is 35.1 Å². The van der Waals surface area contributed by atoms with Gasteiger partial charge in [0.25, 0.3) is 0 Å². The van der Waals surface area contributed by atoms with Gasteiger partial charge in [-0.2, -0.15) is 0 Å². The first-order chi connectivity index (χ1) is 12.4. The Kier molecular flexibility index (Phi) is 8.99. The van der Waals surface area contributed by atoms with Gasteiger partial charge in [-0.25, -0.2) is 4.74 Å². The molecule has 0 unspecified atom stereocenters. The molecular formula is C18H28NO6P. The van der Waals surface area contributed by atoms with E-state index in [1.54, 1.807) is 52.0 Å². The molecule has 0 spiro atoms. The van der Waals surface area contributed by atoms with Gasteiger partial charge in [0.05, 0.1) is 32.1 Å². The molecular weight excluding hydrogens is 357 g/mol. The summed E-state index contributed by atoms with van der Waals surface area (Å²) in [6.45, 7) is 8.90. The Balaban J connectivity index is 3.72. The molecule has 7 nitrogen and oxygen atoms in total. The van der Waals surface area contributed by atoms with Crippen LogP contribution < -0.4 is 0 Å². The maximum absolute atomic E-state index is 12.9. The molecule has 0 saturated heterocycles. The summed E-state index contributed by atoms with van der Waals surface area (Å²) in [5.41, 5.74) is 0.544. The number of ether oxygens (including phenoxy) is 2. The Morgan fingerprint density at radius 3 is 1.73 bits per heavy atom. The highest BCUT2D eigenvalue weighted by atomic mass is 31.2. The number of hydrogen-bond donors (Lipinski definition) is 0. The quantitative estimate of drug-likeness (QED) is 0.339. The minimum Gasteiger partial charge on any atom is -0.465 e. The summed E-state index contributed by atoms with van der Waals surface area (Å²) < 4.78 is 26.8. The van der Waals surface area contributed by atoms with E-state index in [4.69, 9.17) is 18.5 Å². The monoisotopic (exact) mass is 385 g/mol. The smallest absolute Gasteiger partial charge is 0.333 e. The zero-order valence-corrected chi connectivity index (χ0v) is 17.0. The first-order valence-corrected chi connectivity index (χ1v) is 10.3. The fraction of sp³-hybridized carbons (Fsp3) is 0.556. The highest BCUT2D eigenvalue weighted by Gasteiger charge is 2.59. The molecule has 0 aliphatic rings. The average Bonchev–Trinajstić information content (AvgIpc) is 2.62. The maximum Gasteiger partial charge on any atom is 0.333 e. The molecule has 0 bridgehead atoms. The third-order valence-corrected chi connectivity index (χ3v) is 6.73. The van der Waals surface area contributed by atoms with E-state index in [-0.39, 0.29) is 26.4 Å². The number of carbonyl (C=O) groups excluding carboxylic acids is 2. The van der Waals surface area contributed by atoms with Gasteiger partial charge >= 0.3 is 11.9 Å². The lowest BCUT2D eigenvalue weighted by atomic mass is 10.2. The largest absolute Gasteiger partial charge is 0.465 e. The minimum atomic E-state index is -3.44. The van der Waals surface area contributed by atoms with E-state index >= 15 is 0 Å². The summed E-state index contributed by atoms with van der Waals surface area (Å²) in [4.78, 5) is 25.7. The Hall–Kier alpha value is -1.69. The second-order valence-corrected chi connectivity index (χ2v) is 7.96. The first kappa shape index (κ1) is 22.4. The van der Waals surface area contributed by atoms with Crippen molar-refractivity contribution in [2.24, 2.45) is 4.74 Å². The molecule has 0 heterocycles. The van der Waals surface area contributed by atoms with Gasteiger partial charge in [0.15, 0.2) is 0 Å². The number of benzene rings is 1. The van der Waals surface area contributed by atoms with Gasteiger partial charge < -0.3 is 18.5 Å². The Morgan fingerprint density at radius 1 is 0.885 bits per heavy atom. The summed E-state index contributed by atoms with van der Waals surface area (Å²) in [6.07, 6.45) is 0. The highest BCUT2D eigenvalue weighted by Crippen LogP contribution is 2.65. The molecule has 0 fully saturated rings. The van der Waals surface area contributed by atoms with Gasteiger partial charge in [0.1, 0.15) is 0 Å². The summed E-state index contributed by atoms with van der Waals surface area (Å²) >= 11 is 0. The average molecular weight is 385 g/mol. The Morgan fingerprint density at radius 2 is 1.35 bits per heavy atom. The molecule has 0 amide bonds. The van der Waals surface area contributed by atoms with Crippen LogP contribution in [0.5, 0.6) is 0 Å². The third kappa shape index (κ3) is 4.72. The van der Waals surface area contributed by atoms with Gasteiger partial charge in [0.2, 0.25) is 12.7 Å². The number of esters is 2. The summed E-state index contributed by atoms with van der Waals surface area (Å²) in [5, 5.41) is -1.83. The lowest BCUT2D eigenvalue weighted by molar-refractivity contribution is -0.159. The Bertz CT molecular complexity index is 618. The number of rotatable bonds is 10. The predicted molar refractivity (Wildman–Crippen MR) is 100 cm³/mol. The van der Waals surface area contributed by atoms with E-state index < -0.39 is 24.6 Å². The maximum atomic E-state index is 12.9. The van der Waals surface area contributed by atoms with Crippen molar-refractivity contribution in [3.63, 3.8) is 0 Å². The normalized spacial score (nSPS) is 11.7. The van der Waals surface area contributed by atoms with Crippen LogP contribution >= 0.6 is 7.51 Å². The van der Waals surface area contributed by atoms with E-state index in [1.807, 2.05) is 6.07 Å². The van der Waals surface area contributed by atoms with Crippen LogP contribution in [-0.2, 0) is 28.1 Å². The summed E-state index contributed by atoms with van der Waals surface area (Å²) in [7, 11) is -3.44. The van der Waals surface area contributed by atoms with Crippen LogP contribution in [0.2, 0.25) is 0 Å². The molecule has 1 rings (SSSR count). The minimum absolute atomic E-state index is 0.109. The molecule has 0 N–H and O–H groups in total. The fourth-order valence-corrected chi connectivity index (χ4v) is 4.94. The zero-order valence-electron chi connectivity index (χ0n) is 16.1. The topological polar surface area (TPSA) is 83.4 Å². The molecule has 1 aromatic rings. The second-order valence-electron chi connectivity index (χ2n) is 5.30. The van der Waals surface area contributed by atoms with Crippen molar-refractivity contribution < 1.29 is 28.1 Å². The van der Waals surface area contributed by atoms with Crippen LogP contribution in [0.3, 0.4) is 0 Å². The van der Waals surface area contributed by atoms with E-state index in [0.717, 1.165) is 0 Å². The molecule has 0 atom stereocenters. The van der Waals surface area contributed by atoms with Crippen LogP contribution in [0.25, 0.3) is 0 Å². The number of hydrogen-bond acceptors (Lipinski definition) is 7. The molecule has 0 aliphatic heterocycles. The van der Waals surface area contributed by atoms with Crippen LogP contribution in [0.1, 0.15) is 34.6 Å². The number of nitrogens with zero attached hydrogens (tertiary/aromatic N) is 1. The molecule has 26 heavy (non-hydrogen) atoms. The van der Waals surface area contributed by atoms with Crippen LogP contribution in [0, 0.1) is 0 Å². The van der Waals surface area contributed by atoms with Gasteiger partial charge in [-0.1, -0.05) is 18.2 Å². The Labute approximate surface area is 155 Å². The first-order valence-electron chi connectivity index (χ1n) is 8.72. The van der Waals surface area contributed by atoms with Crippen molar-refractivity contribution in [2.45, 2.75) is 39.8 Å². The van der Waals surface area contributed by atoms with Crippen molar-refractivity contribution in [3.8, 4) is 0 Å². The van der Waals surface area contributed by atoms with Crippen molar-refractivity contribution in [3.05, 3.63) is 30.3 Å². The molecule has 0 saturated carbocycles. The summed E-state index contributed by atoms with van der Waals surface area (Å²) in [6, 6.07) is 8.96.